The lowest BCUT2D eigenvalue weighted by Crippen LogP contribution is -2.61. The van der Waals surface area contributed by atoms with Gasteiger partial charge in [0.25, 0.3) is 0 Å². The van der Waals surface area contributed by atoms with E-state index in [4.69, 9.17) is 4.74 Å². The molecule has 19 heavy (non-hydrogen) atoms. The minimum absolute atomic E-state index is 0.0296. The molecule has 1 aliphatic rings. The highest BCUT2D eigenvalue weighted by molar-refractivity contribution is 5.83. The number of carbonyl (C=O) groups excluding carboxylic acids is 2. The van der Waals surface area contributed by atoms with Crippen molar-refractivity contribution in [3.8, 4) is 0 Å². The molecule has 2 atom stereocenters. The summed E-state index contributed by atoms with van der Waals surface area (Å²) in [4.78, 5) is 25.8. The molecule has 1 saturated heterocycles. The molecule has 6 nitrogen and oxygen atoms in total. The summed E-state index contributed by atoms with van der Waals surface area (Å²) in [6, 6.07) is -0.695. The highest BCUT2D eigenvalue weighted by atomic mass is 16.5. The normalized spacial score (nSPS) is 21.7. The number of nitrogens with one attached hydrogen (secondary N) is 2. The Labute approximate surface area is 114 Å². The second kappa shape index (κ2) is 8.12. The van der Waals surface area contributed by atoms with Crippen LogP contribution in [0.1, 0.15) is 27.2 Å². The van der Waals surface area contributed by atoms with E-state index in [-0.39, 0.29) is 24.0 Å². The zero-order valence-electron chi connectivity index (χ0n) is 12.1. The summed E-state index contributed by atoms with van der Waals surface area (Å²) in [5.74, 6) is -0.289. The van der Waals surface area contributed by atoms with Gasteiger partial charge in [0.15, 0.2) is 0 Å². The van der Waals surface area contributed by atoms with E-state index in [1.54, 1.807) is 6.92 Å². The first-order valence-electron chi connectivity index (χ1n) is 7.02. The van der Waals surface area contributed by atoms with Gasteiger partial charge in [0.05, 0.1) is 12.6 Å². The zero-order valence-corrected chi connectivity index (χ0v) is 12.1. The SMILES string of the molecule is CCCNC(=O)C(C)N1CCNCC1C(=O)OCC. The van der Waals surface area contributed by atoms with Gasteiger partial charge >= 0.3 is 5.97 Å². The smallest absolute Gasteiger partial charge is 0.324 e. The lowest BCUT2D eigenvalue weighted by atomic mass is 10.1. The van der Waals surface area contributed by atoms with Crippen LogP contribution < -0.4 is 10.6 Å². The van der Waals surface area contributed by atoms with Gasteiger partial charge in [0.2, 0.25) is 5.91 Å². The van der Waals surface area contributed by atoms with E-state index in [0.29, 0.717) is 26.2 Å². The molecule has 1 aliphatic heterocycles. The Morgan fingerprint density at radius 1 is 1.47 bits per heavy atom. The lowest BCUT2D eigenvalue weighted by Gasteiger charge is -2.37. The van der Waals surface area contributed by atoms with Crippen LogP contribution in [0.5, 0.6) is 0 Å². The van der Waals surface area contributed by atoms with Crippen molar-refractivity contribution in [3.05, 3.63) is 0 Å². The summed E-state index contributed by atoms with van der Waals surface area (Å²) < 4.78 is 5.07. The predicted octanol–water partition coefficient (Wildman–Crippen LogP) is -0.262. The highest BCUT2D eigenvalue weighted by Gasteiger charge is 2.35. The van der Waals surface area contributed by atoms with Crippen molar-refractivity contribution in [1.29, 1.82) is 0 Å². The zero-order chi connectivity index (χ0) is 14.3. The van der Waals surface area contributed by atoms with E-state index in [9.17, 15) is 9.59 Å². The fourth-order valence-electron chi connectivity index (χ4n) is 2.19. The minimum atomic E-state index is -0.379. The van der Waals surface area contributed by atoms with Gasteiger partial charge in [-0.15, -0.1) is 0 Å². The summed E-state index contributed by atoms with van der Waals surface area (Å²) in [6.45, 7) is 8.64. The highest BCUT2D eigenvalue weighted by Crippen LogP contribution is 2.10. The van der Waals surface area contributed by atoms with Crippen molar-refractivity contribution < 1.29 is 14.3 Å². The van der Waals surface area contributed by atoms with Crippen LogP contribution in [0.25, 0.3) is 0 Å². The first-order chi connectivity index (χ1) is 9.11. The Hall–Kier alpha value is -1.14. The van der Waals surface area contributed by atoms with Gasteiger partial charge < -0.3 is 15.4 Å². The number of piperazine rings is 1. The van der Waals surface area contributed by atoms with Crippen molar-refractivity contribution in [3.63, 3.8) is 0 Å². The van der Waals surface area contributed by atoms with Gasteiger partial charge in [-0.25, -0.2) is 0 Å². The third kappa shape index (κ3) is 4.47. The van der Waals surface area contributed by atoms with Gasteiger partial charge in [-0.3, -0.25) is 14.5 Å². The molecular formula is C13H25N3O3. The average Bonchev–Trinajstić information content (AvgIpc) is 2.44. The third-order valence-electron chi connectivity index (χ3n) is 3.27. The lowest BCUT2D eigenvalue weighted by molar-refractivity contribution is -0.152. The quantitative estimate of drug-likeness (QED) is 0.651. The Morgan fingerprint density at radius 2 is 2.21 bits per heavy atom. The molecule has 0 radical (unpaired) electrons. The molecular weight excluding hydrogens is 246 g/mol. The minimum Gasteiger partial charge on any atom is -0.465 e. The van der Waals surface area contributed by atoms with E-state index >= 15 is 0 Å². The number of rotatable bonds is 6. The maximum absolute atomic E-state index is 12.0. The third-order valence-corrected chi connectivity index (χ3v) is 3.27. The molecule has 0 aromatic carbocycles. The van der Waals surface area contributed by atoms with Crippen molar-refractivity contribution >= 4 is 11.9 Å². The first kappa shape index (κ1) is 15.9. The topological polar surface area (TPSA) is 70.7 Å². The van der Waals surface area contributed by atoms with Crippen LogP contribution in [0.2, 0.25) is 0 Å². The van der Waals surface area contributed by atoms with Crippen LogP contribution >= 0.6 is 0 Å². The molecule has 0 aromatic heterocycles. The molecule has 0 bridgehead atoms. The summed E-state index contributed by atoms with van der Waals surface area (Å²) in [5, 5.41) is 6.03. The van der Waals surface area contributed by atoms with Crippen LogP contribution in [-0.4, -0.2) is 61.6 Å². The summed E-state index contributed by atoms with van der Waals surface area (Å²) in [7, 11) is 0. The molecule has 1 rings (SSSR count). The maximum atomic E-state index is 12.0. The van der Waals surface area contributed by atoms with Gasteiger partial charge in [-0.05, 0) is 20.3 Å². The molecule has 1 amide bonds. The number of carbonyl (C=O) groups is 2. The number of ether oxygens (including phenoxy) is 1. The van der Waals surface area contributed by atoms with Gasteiger partial charge in [0.1, 0.15) is 6.04 Å². The van der Waals surface area contributed by atoms with Crippen molar-refractivity contribution in [2.24, 2.45) is 0 Å². The molecule has 2 unspecified atom stereocenters. The van der Waals surface area contributed by atoms with E-state index in [1.807, 2.05) is 18.7 Å². The number of amides is 1. The Bertz CT molecular complexity index is 310. The Morgan fingerprint density at radius 3 is 2.84 bits per heavy atom. The van der Waals surface area contributed by atoms with E-state index < -0.39 is 0 Å². The van der Waals surface area contributed by atoms with Crippen molar-refractivity contribution in [1.82, 2.24) is 15.5 Å². The molecule has 110 valence electrons. The van der Waals surface area contributed by atoms with Crippen LogP contribution in [0.15, 0.2) is 0 Å². The number of nitrogens with zero attached hydrogens (tertiary/aromatic N) is 1. The second-order valence-electron chi connectivity index (χ2n) is 4.68. The molecule has 0 saturated carbocycles. The van der Waals surface area contributed by atoms with Crippen LogP contribution in [0.4, 0.5) is 0 Å². The molecule has 1 fully saturated rings. The van der Waals surface area contributed by atoms with Gasteiger partial charge in [-0.2, -0.15) is 0 Å². The molecule has 1 heterocycles. The van der Waals surface area contributed by atoms with Gasteiger partial charge in [-0.1, -0.05) is 6.92 Å². The van der Waals surface area contributed by atoms with Gasteiger partial charge in [0, 0.05) is 26.2 Å². The Balaban J connectivity index is 2.64. The summed E-state index contributed by atoms with van der Waals surface area (Å²) in [5.41, 5.74) is 0. The molecule has 0 aliphatic carbocycles. The largest absolute Gasteiger partial charge is 0.465 e. The number of hydrogen-bond donors (Lipinski definition) is 2. The fraction of sp³-hybridized carbons (Fsp3) is 0.846. The maximum Gasteiger partial charge on any atom is 0.324 e. The molecule has 2 N–H and O–H groups in total. The Kier molecular flexibility index (Phi) is 6.80. The van der Waals surface area contributed by atoms with E-state index in [0.717, 1.165) is 13.0 Å². The second-order valence-corrected chi connectivity index (χ2v) is 4.68. The van der Waals surface area contributed by atoms with E-state index in [1.165, 1.54) is 0 Å². The standard InChI is InChI=1S/C13H25N3O3/c1-4-6-15-12(17)10(3)16-8-7-14-9-11(16)13(18)19-5-2/h10-11,14H,4-9H2,1-3H3,(H,15,17). The van der Waals surface area contributed by atoms with Crippen LogP contribution in [-0.2, 0) is 14.3 Å². The fourth-order valence-corrected chi connectivity index (χ4v) is 2.19. The number of hydrogen-bond acceptors (Lipinski definition) is 5. The number of esters is 1. The van der Waals surface area contributed by atoms with E-state index in [2.05, 4.69) is 10.6 Å². The molecule has 0 spiro atoms. The molecule has 6 heteroatoms. The van der Waals surface area contributed by atoms with Crippen LogP contribution in [0.3, 0.4) is 0 Å². The summed E-state index contributed by atoms with van der Waals surface area (Å²) >= 11 is 0. The van der Waals surface area contributed by atoms with Crippen molar-refractivity contribution in [2.45, 2.75) is 39.3 Å². The summed E-state index contributed by atoms with van der Waals surface area (Å²) in [6.07, 6.45) is 0.904. The molecule has 0 aromatic rings. The van der Waals surface area contributed by atoms with Crippen LogP contribution in [0, 0.1) is 0 Å². The predicted molar refractivity (Wildman–Crippen MR) is 72.8 cm³/mol. The monoisotopic (exact) mass is 271 g/mol. The van der Waals surface area contributed by atoms with Crippen molar-refractivity contribution in [2.75, 3.05) is 32.8 Å². The average molecular weight is 271 g/mol. The first-order valence-corrected chi connectivity index (χ1v) is 7.02.